The van der Waals surface area contributed by atoms with Crippen molar-refractivity contribution in [1.82, 2.24) is 10.2 Å². The second kappa shape index (κ2) is 9.11. The van der Waals surface area contributed by atoms with E-state index >= 15 is 0 Å². The van der Waals surface area contributed by atoms with Crippen LogP contribution in [0.25, 0.3) is 0 Å². The molecule has 0 saturated carbocycles. The highest BCUT2D eigenvalue weighted by atomic mass is 15.1. The summed E-state index contributed by atoms with van der Waals surface area (Å²) in [7, 11) is 2.06. The van der Waals surface area contributed by atoms with Crippen molar-refractivity contribution in [3.63, 3.8) is 0 Å². The van der Waals surface area contributed by atoms with Crippen LogP contribution >= 0.6 is 0 Å². The maximum Gasteiger partial charge on any atom is 0.0329 e. The van der Waals surface area contributed by atoms with Crippen LogP contribution in [0.5, 0.6) is 0 Å². The number of hydrogen-bond acceptors (Lipinski definition) is 2. The molecule has 108 valence electrons. The molecule has 1 aromatic rings. The lowest BCUT2D eigenvalue weighted by molar-refractivity contribution is 0.284. The Morgan fingerprint density at radius 1 is 1.05 bits per heavy atom. The molecule has 2 heteroatoms. The Bertz CT molecular complexity index is 328. The summed E-state index contributed by atoms with van der Waals surface area (Å²) in [6, 6.07) is 9.60. The third-order valence-electron chi connectivity index (χ3n) is 3.90. The van der Waals surface area contributed by atoms with Gasteiger partial charge in [0.1, 0.15) is 0 Å². The van der Waals surface area contributed by atoms with Crippen molar-refractivity contribution in [3.8, 4) is 0 Å². The third-order valence-corrected chi connectivity index (χ3v) is 3.90. The Labute approximate surface area is 119 Å². The van der Waals surface area contributed by atoms with Crippen molar-refractivity contribution in [2.75, 3.05) is 26.7 Å². The summed E-state index contributed by atoms with van der Waals surface area (Å²) in [4.78, 5) is 2.48. The zero-order chi connectivity index (χ0) is 14.1. The highest BCUT2D eigenvalue weighted by Gasteiger charge is 2.10. The maximum atomic E-state index is 3.45. The molecular weight excluding hydrogens is 232 g/mol. The molecule has 0 amide bonds. The lowest BCUT2D eigenvalue weighted by Crippen LogP contribution is -2.28. The topological polar surface area (TPSA) is 15.3 Å². The Kier molecular flexibility index (Phi) is 7.76. The molecule has 1 aromatic carbocycles. The third kappa shape index (κ3) is 5.33. The predicted octanol–water partition coefficient (Wildman–Crippen LogP) is 3.63. The first-order valence-electron chi connectivity index (χ1n) is 7.73. The van der Waals surface area contributed by atoms with Crippen molar-refractivity contribution in [2.45, 2.75) is 46.1 Å². The van der Waals surface area contributed by atoms with Gasteiger partial charge in [-0.3, -0.25) is 0 Å². The molecule has 0 bridgehead atoms. The van der Waals surface area contributed by atoms with Crippen LogP contribution in [-0.2, 0) is 6.42 Å². The second-order valence-corrected chi connectivity index (χ2v) is 5.15. The van der Waals surface area contributed by atoms with Gasteiger partial charge in [0.2, 0.25) is 0 Å². The normalized spacial score (nSPS) is 12.9. The highest BCUT2D eigenvalue weighted by molar-refractivity contribution is 5.25. The SMILES string of the molecule is CCCc1ccc(C(CCN(CC)CC)NC)cc1. The summed E-state index contributed by atoms with van der Waals surface area (Å²) in [5.41, 5.74) is 2.86. The van der Waals surface area contributed by atoms with Gasteiger partial charge in [-0.25, -0.2) is 0 Å². The van der Waals surface area contributed by atoms with Gasteiger partial charge in [0.05, 0.1) is 0 Å². The van der Waals surface area contributed by atoms with Crippen LogP contribution in [0.2, 0.25) is 0 Å². The van der Waals surface area contributed by atoms with Crippen LogP contribution in [0, 0.1) is 0 Å². The first kappa shape index (κ1) is 16.2. The first-order chi connectivity index (χ1) is 9.24. The molecule has 2 nitrogen and oxygen atoms in total. The van der Waals surface area contributed by atoms with E-state index in [9.17, 15) is 0 Å². The van der Waals surface area contributed by atoms with E-state index in [0.717, 1.165) is 19.6 Å². The summed E-state index contributed by atoms with van der Waals surface area (Å²) < 4.78 is 0. The van der Waals surface area contributed by atoms with Crippen LogP contribution in [0.3, 0.4) is 0 Å². The summed E-state index contributed by atoms with van der Waals surface area (Å²) >= 11 is 0. The van der Waals surface area contributed by atoms with Gasteiger partial charge in [0, 0.05) is 6.04 Å². The molecule has 0 fully saturated rings. The van der Waals surface area contributed by atoms with Crippen molar-refractivity contribution >= 4 is 0 Å². The first-order valence-corrected chi connectivity index (χ1v) is 7.73. The lowest BCUT2D eigenvalue weighted by Gasteiger charge is -2.23. The minimum Gasteiger partial charge on any atom is -0.313 e. The number of nitrogens with one attached hydrogen (secondary N) is 1. The number of nitrogens with zero attached hydrogens (tertiary/aromatic N) is 1. The zero-order valence-electron chi connectivity index (χ0n) is 13.1. The summed E-state index contributed by atoms with van der Waals surface area (Å²) in [5.74, 6) is 0. The number of rotatable bonds is 9. The molecule has 1 N–H and O–H groups in total. The van der Waals surface area contributed by atoms with Gasteiger partial charge in [0.15, 0.2) is 0 Å². The van der Waals surface area contributed by atoms with Crippen LogP contribution in [-0.4, -0.2) is 31.6 Å². The molecule has 0 aliphatic rings. The minimum atomic E-state index is 0.469. The van der Waals surface area contributed by atoms with Gasteiger partial charge in [-0.1, -0.05) is 51.5 Å². The Balaban J connectivity index is 2.58. The zero-order valence-corrected chi connectivity index (χ0v) is 13.1. The molecule has 0 radical (unpaired) electrons. The average molecular weight is 262 g/mol. The minimum absolute atomic E-state index is 0.469. The standard InChI is InChI=1S/C17H30N2/c1-5-8-15-9-11-16(12-10-15)17(18-4)13-14-19(6-2)7-3/h9-12,17-18H,5-8,13-14H2,1-4H3. The van der Waals surface area contributed by atoms with E-state index in [4.69, 9.17) is 0 Å². The fraction of sp³-hybridized carbons (Fsp3) is 0.647. The van der Waals surface area contributed by atoms with Crippen LogP contribution in [0.1, 0.15) is 50.8 Å². The molecule has 0 saturated heterocycles. The number of benzene rings is 1. The van der Waals surface area contributed by atoms with E-state index < -0.39 is 0 Å². The summed E-state index contributed by atoms with van der Waals surface area (Å²) in [6.07, 6.45) is 3.58. The monoisotopic (exact) mass is 262 g/mol. The molecule has 1 rings (SSSR count). The van der Waals surface area contributed by atoms with Gasteiger partial charge in [-0.2, -0.15) is 0 Å². The van der Waals surface area contributed by atoms with Crippen LogP contribution in [0.15, 0.2) is 24.3 Å². The van der Waals surface area contributed by atoms with Gasteiger partial charge < -0.3 is 10.2 Å². The molecule has 19 heavy (non-hydrogen) atoms. The Morgan fingerprint density at radius 3 is 2.16 bits per heavy atom. The number of aryl methyl sites for hydroxylation is 1. The van der Waals surface area contributed by atoms with E-state index in [2.05, 4.69) is 62.3 Å². The molecule has 0 heterocycles. The molecule has 0 aromatic heterocycles. The van der Waals surface area contributed by atoms with E-state index in [0.29, 0.717) is 6.04 Å². The van der Waals surface area contributed by atoms with Gasteiger partial charge in [0.25, 0.3) is 0 Å². The molecular formula is C17H30N2. The van der Waals surface area contributed by atoms with E-state index in [1.54, 1.807) is 0 Å². The molecule has 1 unspecified atom stereocenters. The second-order valence-electron chi connectivity index (χ2n) is 5.15. The highest BCUT2D eigenvalue weighted by Crippen LogP contribution is 2.18. The lowest BCUT2D eigenvalue weighted by atomic mass is 10.0. The quantitative estimate of drug-likeness (QED) is 0.731. The van der Waals surface area contributed by atoms with Crippen molar-refractivity contribution < 1.29 is 0 Å². The van der Waals surface area contributed by atoms with Crippen LogP contribution in [0.4, 0.5) is 0 Å². The van der Waals surface area contributed by atoms with Crippen LogP contribution < -0.4 is 5.32 Å². The predicted molar refractivity (Wildman–Crippen MR) is 84.6 cm³/mol. The fourth-order valence-corrected chi connectivity index (χ4v) is 2.53. The largest absolute Gasteiger partial charge is 0.313 e. The Morgan fingerprint density at radius 2 is 1.68 bits per heavy atom. The smallest absolute Gasteiger partial charge is 0.0329 e. The van der Waals surface area contributed by atoms with E-state index in [1.165, 1.54) is 30.4 Å². The fourth-order valence-electron chi connectivity index (χ4n) is 2.53. The Hall–Kier alpha value is -0.860. The maximum absolute atomic E-state index is 3.45. The summed E-state index contributed by atoms with van der Waals surface area (Å²) in [5, 5.41) is 3.45. The van der Waals surface area contributed by atoms with Crippen molar-refractivity contribution in [2.24, 2.45) is 0 Å². The van der Waals surface area contributed by atoms with Crippen molar-refractivity contribution in [1.29, 1.82) is 0 Å². The number of hydrogen-bond donors (Lipinski definition) is 1. The molecule has 0 spiro atoms. The van der Waals surface area contributed by atoms with Gasteiger partial charge in [-0.15, -0.1) is 0 Å². The van der Waals surface area contributed by atoms with Gasteiger partial charge >= 0.3 is 0 Å². The van der Waals surface area contributed by atoms with E-state index in [1.807, 2.05) is 0 Å². The van der Waals surface area contributed by atoms with Gasteiger partial charge in [-0.05, 0) is 50.7 Å². The van der Waals surface area contributed by atoms with E-state index in [-0.39, 0.29) is 0 Å². The molecule has 1 atom stereocenters. The molecule has 0 aliphatic carbocycles. The average Bonchev–Trinajstić information content (AvgIpc) is 2.45. The molecule has 0 aliphatic heterocycles. The summed E-state index contributed by atoms with van der Waals surface area (Å²) in [6.45, 7) is 10.1. The van der Waals surface area contributed by atoms with Crippen molar-refractivity contribution in [3.05, 3.63) is 35.4 Å².